The van der Waals surface area contributed by atoms with Gasteiger partial charge in [0.15, 0.2) is 0 Å². The molecule has 0 aliphatic carbocycles. The van der Waals surface area contributed by atoms with E-state index in [1.165, 1.54) is 0 Å². The molecule has 17 heavy (non-hydrogen) atoms. The lowest BCUT2D eigenvalue weighted by Gasteiger charge is -2.34. The summed E-state index contributed by atoms with van der Waals surface area (Å²) in [6.07, 6.45) is 6.71. The van der Waals surface area contributed by atoms with E-state index < -0.39 is 5.54 Å². The van der Waals surface area contributed by atoms with E-state index in [9.17, 15) is 4.79 Å². The van der Waals surface area contributed by atoms with E-state index in [-0.39, 0.29) is 11.9 Å². The Balaban J connectivity index is 1.96. The van der Waals surface area contributed by atoms with Crippen molar-refractivity contribution in [1.29, 1.82) is 0 Å². The van der Waals surface area contributed by atoms with Gasteiger partial charge >= 0.3 is 0 Å². The third kappa shape index (κ3) is 2.66. The molecule has 0 aromatic carbocycles. The molecule has 1 aliphatic heterocycles. The van der Waals surface area contributed by atoms with Crippen molar-refractivity contribution in [2.24, 2.45) is 0 Å². The molecule has 5 heteroatoms. The van der Waals surface area contributed by atoms with E-state index in [1.54, 1.807) is 6.20 Å². The Bertz CT molecular complexity index is 368. The zero-order chi connectivity index (χ0) is 12.3. The van der Waals surface area contributed by atoms with Gasteiger partial charge < -0.3 is 10.6 Å². The molecule has 0 bridgehead atoms. The first-order valence-electron chi connectivity index (χ1n) is 6.16. The van der Waals surface area contributed by atoms with Crippen LogP contribution in [0.2, 0.25) is 0 Å². The van der Waals surface area contributed by atoms with Gasteiger partial charge in [0, 0.05) is 11.8 Å². The number of H-pyrrole nitrogens is 1. The number of aromatic amines is 1. The first-order chi connectivity index (χ1) is 8.12. The standard InChI is InChI=1S/C12H20N4O/c1-9(10-7-14-15-8-10)16-11(17)12(2)5-3-4-6-13-12/h7-9,13H,3-6H2,1-2H3,(H,14,15)(H,16,17). The zero-order valence-electron chi connectivity index (χ0n) is 10.4. The zero-order valence-corrected chi connectivity index (χ0v) is 10.4. The summed E-state index contributed by atoms with van der Waals surface area (Å²) in [6.45, 7) is 4.86. The molecule has 1 aromatic heterocycles. The van der Waals surface area contributed by atoms with E-state index in [4.69, 9.17) is 0 Å². The first-order valence-corrected chi connectivity index (χ1v) is 6.16. The Kier molecular flexibility index (Phi) is 3.47. The van der Waals surface area contributed by atoms with Crippen LogP contribution in [0.5, 0.6) is 0 Å². The fourth-order valence-electron chi connectivity index (χ4n) is 2.19. The number of carbonyl (C=O) groups excluding carboxylic acids is 1. The van der Waals surface area contributed by atoms with Gasteiger partial charge in [-0.25, -0.2) is 0 Å². The Morgan fingerprint density at radius 1 is 1.59 bits per heavy atom. The maximum absolute atomic E-state index is 12.2. The van der Waals surface area contributed by atoms with Crippen molar-refractivity contribution in [2.75, 3.05) is 6.54 Å². The molecule has 3 N–H and O–H groups in total. The van der Waals surface area contributed by atoms with E-state index in [1.807, 2.05) is 20.0 Å². The molecule has 5 nitrogen and oxygen atoms in total. The molecule has 2 atom stereocenters. The fraction of sp³-hybridized carbons (Fsp3) is 0.667. The molecule has 2 heterocycles. The largest absolute Gasteiger partial charge is 0.348 e. The Morgan fingerprint density at radius 3 is 3.00 bits per heavy atom. The van der Waals surface area contributed by atoms with Crippen LogP contribution in [0.1, 0.15) is 44.7 Å². The summed E-state index contributed by atoms with van der Waals surface area (Å²) in [7, 11) is 0. The SMILES string of the molecule is CC(NC(=O)C1(C)CCCCN1)c1cn[nH]c1. The number of rotatable bonds is 3. The summed E-state index contributed by atoms with van der Waals surface area (Å²) in [5.41, 5.74) is 0.578. The van der Waals surface area contributed by atoms with Crippen molar-refractivity contribution in [3.8, 4) is 0 Å². The van der Waals surface area contributed by atoms with E-state index in [2.05, 4.69) is 20.8 Å². The number of amides is 1. The van der Waals surface area contributed by atoms with Crippen LogP contribution < -0.4 is 10.6 Å². The normalized spacial score (nSPS) is 26.5. The van der Waals surface area contributed by atoms with Gasteiger partial charge in [0.1, 0.15) is 0 Å². The van der Waals surface area contributed by atoms with Crippen LogP contribution in [0.25, 0.3) is 0 Å². The van der Waals surface area contributed by atoms with Crippen LogP contribution in [-0.2, 0) is 4.79 Å². The highest BCUT2D eigenvalue weighted by atomic mass is 16.2. The topological polar surface area (TPSA) is 69.8 Å². The fourth-order valence-corrected chi connectivity index (χ4v) is 2.19. The molecule has 0 radical (unpaired) electrons. The Hall–Kier alpha value is -1.36. The van der Waals surface area contributed by atoms with Gasteiger partial charge in [-0.15, -0.1) is 0 Å². The van der Waals surface area contributed by atoms with Gasteiger partial charge in [-0.2, -0.15) is 5.10 Å². The van der Waals surface area contributed by atoms with Gasteiger partial charge in [0.05, 0.1) is 17.8 Å². The summed E-state index contributed by atoms with van der Waals surface area (Å²) in [5.74, 6) is 0.0749. The van der Waals surface area contributed by atoms with Crippen LogP contribution in [0.3, 0.4) is 0 Å². The monoisotopic (exact) mass is 236 g/mol. The smallest absolute Gasteiger partial charge is 0.240 e. The predicted octanol–water partition coefficient (Wildman–Crippen LogP) is 1.12. The first kappa shape index (κ1) is 12.1. The molecular formula is C12H20N4O. The Morgan fingerprint density at radius 2 is 2.41 bits per heavy atom. The molecule has 1 amide bonds. The lowest BCUT2D eigenvalue weighted by molar-refractivity contribution is -0.128. The highest BCUT2D eigenvalue weighted by Crippen LogP contribution is 2.20. The minimum atomic E-state index is -0.420. The maximum Gasteiger partial charge on any atom is 0.240 e. The van der Waals surface area contributed by atoms with Gasteiger partial charge in [-0.1, -0.05) is 0 Å². The molecular weight excluding hydrogens is 216 g/mol. The number of aromatic nitrogens is 2. The van der Waals surface area contributed by atoms with Gasteiger partial charge in [0.25, 0.3) is 0 Å². The number of nitrogens with one attached hydrogen (secondary N) is 3. The van der Waals surface area contributed by atoms with E-state index in [0.717, 1.165) is 31.4 Å². The maximum atomic E-state index is 12.2. The van der Waals surface area contributed by atoms with Gasteiger partial charge in [0.2, 0.25) is 5.91 Å². The van der Waals surface area contributed by atoms with Crippen molar-refractivity contribution in [2.45, 2.75) is 44.7 Å². The van der Waals surface area contributed by atoms with Crippen LogP contribution in [0.15, 0.2) is 12.4 Å². The average molecular weight is 236 g/mol. The summed E-state index contributed by atoms with van der Waals surface area (Å²) in [5, 5.41) is 13.0. The average Bonchev–Trinajstić information content (AvgIpc) is 2.83. The second-order valence-electron chi connectivity index (χ2n) is 4.94. The van der Waals surface area contributed by atoms with Crippen molar-refractivity contribution in [3.63, 3.8) is 0 Å². The molecule has 0 spiro atoms. The molecule has 2 rings (SSSR count). The van der Waals surface area contributed by atoms with Crippen molar-refractivity contribution in [3.05, 3.63) is 18.0 Å². The van der Waals surface area contributed by atoms with Gasteiger partial charge in [-0.05, 0) is 39.7 Å². The highest BCUT2D eigenvalue weighted by molar-refractivity contribution is 5.86. The second kappa shape index (κ2) is 4.87. The summed E-state index contributed by atoms with van der Waals surface area (Å²) in [6, 6.07) is -0.0122. The van der Waals surface area contributed by atoms with Crippen molar-refractivity contribution < 1.29 is 4.79 Å². The third-order valence-corrected chi connectivity index (χ3v) is 3.49. The van der Waals surface area contributed by atoms with Crippen LogP contribution in [0, 0.1) is 0 Å². The minimum Gasteiger partial charge on any atom is -0.348 e. The number of hydrogen-bond acceptors (Lipinski definition) is 3. The molecule has 1 fully saturated rings. The quantitative estimate of drug-likeness (QED) is 0.736. The lowest BCUT2D eigenvalue weighted by atomic mass is 9.89. The van der Waals surface area contributed by atoms with Crippen molar-refractivity contribution >= 4 is 5.91 Å². The van der Waals surface area contributed by atoms with E-state index in [0.29, 0.717) is 0 Å². The molecule has 1 aliphatic rings. The molecule has 1 saturated heterocycles. The second-order valence-corrected chi connectivity index (χ2v) is 4.94. The van der Waals surface area contributed by atoms with Crippen LogP contribution in [-0.4, -0.2) is 28.2 Å². The van der Waals surface area contributed by atoms with Crippen LogP contribution >= 0.6 is 0 Å². The van der Waals surface area contributed by atoms with Gasteiger partial charge in [-0.3, -0.25) is 9.89 Å². The summed E-state index contributed by atoms with van der Waals surface area (Å²) < 4.78 is 0. The number of nitrogens with zero attached hydrogens (tertiary/aromatic N) is 1. The molecule has 0 saturated carbocycles. The minimum absolute atomic E-state index is 0.0122. The molecule has 1 aromatic rings. The third-order valence-electron chi connectivity index (χ3n) is 3.49. The highest BCUT2D eigenvalue weighted by Gasteiger charge is 2.34. The number of carbonyl (C=O) groups is 1. The van der Waals surface area contributed by atoms with Crippen LogP contribution in [0.4, 0.5) is 0 Å². The van der Waals surface area contributed by atoms with Crippen molar-refractivity contribution in [1.82, 2.24) is 20.8 Å². The summed E-state index contributed by atoms with van der Waals surface area (Å²) in [4.78, 5) is 12.2. The number of piperidine rings is 1. The lowest BCUT2D eigenvalue weighted by Crippen LogP contribution is -2.57. The Labute approximate surface area is 101 Å². The predicted molar refractivity (Wildman–Crippen MR) is 65.4 cm³/mol. The van der Waals surface area contributed by atoms with E-state index >= 15 is 0 Å². The molecule has 2 unspecified atom stereocenters. The number of hydrogen-bond donors (Lipinski definition) is 3. The molecule has 94 valence electrons. The summed E-state index contributed by atoms with van der Waals surface area (Å²) >= 11 is 0.